The zero-order valence-electron chi connectivity index (χ0n) is 11.2. The van der Waals surface area contributed by atoms with Crippen molar-refractivity contribution in [2.24, 2.45) is 0 Å². The van der Waals surface area contributed by atoms with Gasteiger partial charge >= 0.3 is 0 Å². The van der Waals surface area contributed by atoms with Crippen LogP contribution in [0.2, 0.25) is 0 Å². The van der Waals surface area contributed by atoms with Gasteiger partial charge in [0.15, 0.2) is 0 Å². The minimum atomic E-state index is 0.0844. The molecule has 1 heteroatoms. The third kappa shape index (κ3) is 3.13. The van der Waals surface area contributed by atoms with E-state index < -0.39 is 0 Å². The van der Waals surface area contributed by atoms with Gasteiger partial charge < -0.3 is 4.74 Å². The highest BCUT2D eigenvalue weighted by atomic mass is 16.5. The predicted molar refractivity (Wildman–Crippen MR) is 74.8 cm³/mol. The van der Waals surface area contributed by atoms with E-state index in [1.165, 1.54) is 11.1 Å². The van der Waals surface area contributed by atoms with Crippen LogP contribution in [0.3, 0.4) is 0 Å². The monoisotopic (exact) mass is 239 g/mol. The van der Waals surface area contributed by atoms with Gasteiger partial charge in [-0.25, -0.2) is 0 Å². The Morgan fingerprint density at radius 2 is 1.78 bits per heavy atom. The Kier molecular flexibility index (Phi) is 3.71. The molecule has 0 saturated heterocycles. The highest BCUT2D eigenvalue weighted by molar-refractivity contribution is 5.38. The van der Waals surface area contributed by atoms with Crippen molar-refractivity contribution in [3.05, 3.63) is 65.7 Å². The fraction of sp³-hybridized carbons (Fsp3) is 0.294. The van der Waals surface area contributed by atoms with Gasteiger partial charge in [0.2, 0.25) is 0 Å². The first-order chi connectivity index (χ1) is 8.57. The molecule has 18 heavy (non-hydrogen) atoms. The third-order valence-corrected chi connectivity index (χ3v) is 2.87. The minimum Gasteiger partial charge on any atom is -0.489 e. The zero-order valence-corrected chi connectivity index (χ0v) is 11.2. The van der Waals surface area contributed by atoms with Crippen molar-refractivity contribution in [1.29, 1.82) is 0 Å². The second-order valence-corrected chi connectivity index (χ2v) is 5.45. The van der Waals surface area contributed by atoms with E-state index in [1.807, 2.05) is 30.3 Å². The van der Waals surface area contributed by atoms with E-state index >= 15 is 0 Å². The molecule has 0 aliphatic rings. The summed E-state index contributed by atoms with van der Waals surface area (Å²) >= 11 is 0. The maximum Gasteiger partial charge on any atom is 0.124 e. The molecule has 2 aromatic rings. The molecule has 0 aliphatic heterocycles. The number of benzene rings is 2. The number of rotatable bonds is 3. The molecule has 0 fully saturated rings. The average Bonchev–Trinajstić information content (AvgIpc) is 2.37. The first kappa shape index (κ1) is 12.7. The fourth-order valence-corrected chi connectivity index (χ4v) is 1.89. The molecule has 0 unspecified atom stereocenters. The number of ether oxygens (including phenoxy) is 1. The van der Waals surface area contributed by atoms with E-state index in [-0.39, 0.29) is 5.41 Å². The molecule has 0 bridgehead atoms. The summed E-state index contributed by atoms with van der Waals surface area (Å²) in [5, 5.41) is 0. The average molecular weight is 239 g/mol. The van der Waals surface area contributed by atoms with Crippen molar-refractivity contribution in [3.8, 4) is 5.75 Å². The topological polar surface area (TPSA) is 9.23 Å². The molecule has 1 radical (unpaired) electrons. The van der Waals surface area contributed by atoms with Crippen molar-refractivity contribution in [1.82, 2.24) is 0 Å². The molecule has 0 spiro atoms. The molecule has 0 aliphatic carbocycles. The van der Waals surface area contributed by atoms with Gasteiger partial charge in [-0.05, 0) is 28.7 Å². The Morgan fingerprint density at radius 3 is 2.44 bits per heavy atom. The zero-order chi connectivity index (χ0) is 13.0. The fourth-order valence-electron chi connectivity index (χ4n) is 1.89. The molecule has 0 atom stereocenters. The van der Waals surface area contributed by atoms with Crippen LogP contribution in [0.4, 0.5) is 0 Å². The smallest absolute Gasteiger partial charge is 0.124 e. The van der Waals surface area contributed by atoms with Crippen molar-refractivity contribution in [2.45, 2.75) is 32.8 Å². The van der Waals surface area contributed by atoms with Gasteiger partial charge in [-0.15, -0.1) is 0 Å². The van der Waals surface area contributed by atoms with Crippen LogP contribution in [0.25, 0.3) is 0 Å². The van der Waals surface area contributed by atoms with E-state index in [0.717, 1.165) is 5.75 Å². The summed E-state index contributed by atoms with van der Waals surface area (Å²) in [6.45, 7) is 7.18. The van der Waals surface area contributed by atoms with Gasteiger partial charge in [0.05, 0.1) is 0 Å². The first-order valence-corrected chi connectivity index (χ1v) is 6.25. The summed E-state index contributed by atoms with van der Waals surface area (Å²) < 4.78 is 5.92. The van der Waals surface area contributed by atoms with Crippen LogP contribution in [0.1, 0.15) is 31.9 Å². The van der Waals surface area contributed by atoms with Crippen molar-refractivity contribution in [2.75, 3.05) is 0 Å². The second-order valence-electron chi connectivity index (χ2n) is 5.45. The minimum absolute atomic E-state index is 0.0844. The van der Waals surface area contributed by atoms with E-state index in [4.69, 9.17) is 4.74 Å². The lowest BCUT2D eigenvalue weighted by Crippen LogP contribution is -2.13. The van der Waals surface area contributed by atoms with Crippen LogP contribution in [0, 0.1) is 6.07 Å². The van der Waals surface area contributed by atoms with E-state index in [2.05, 4.69) is 45.0 Å². The number of hydrogen-bond acceptors (Lipinski definition) is 1. The molecule has 2 aromatic carbocycles. The summed E-state index contributed by atoms with van der Waals surface area (Å²) in [6.07, 6.45) is 0. The largest absolute Gasteiger partial charge is 0.489 e. The summed E-state index contributed by atoms with van der Waals surface area (Å²) in [5.74, 6) is 0.925. The molecule has 2 rings (SSSR count). The van der Waals surface area contributed by atoms with Crippen LogP contribution in [-0.4, -0.2) is 0 Å². The third-order valence-electron chi connectivity index (χ3n) is 2.87. The summed E-state index contributed by atoms with van der Waals surface area (Å²) in [5.41, 5.74) is 2.49. The van der Waals surface area contributed by atoms with Crippen molar-refractivity contribution < 1.29 is 4.74 Å². The molecule has 0 saturated carbocycles. The summed E-state index contributed by atoms with van der Waals surface area (Å²) in [6, 6.07) is 19.2. The van der Waals surface area contributed by atoms with Crippen molar-refractivity contribution >= 4 is 0 Å². The Bertz CT molecular complexity index is 495. The Morgan fingerprint density at radius 1 is 1.06 bits per heavy atom. The normalized spacial score (nSPS) is 11.3. The standard InChI is InChI=1S/C17H19O/c1-17(2,3)15-11-7-8-12-16(15)18-13-14-9-5-4-6-10-14/h4-7,9-12H,13H2,1-3H3. The van der Waals surface area contributed by atoms with Crippen LogP contribution in [-0.2, 0) is 12.0 Å². The highest BCUT2D eigenvalue weighted by Gasteiger charge is 2.18. The molecule has 0 aromatic heterocycles. The summed E-state index contributed by atoms with van der Waals surface area (Å²) in [7, 11) is 0. The molecule has 93 valence electrons. The summed E-state index contributed by atoms with van der Waals surface area (Å²) in [4.78, 5) is 0. The van der Waals surface area contributed by atoms with Crippen LogP contribution < -0.4 is 4.74 Å². The Balaban J connectivity index is 2.15. The van der Waals surface area contributed by atoms with Gasteiger partial charge in [0.1, 0.15) is 12.4 Å². The van der Waals surface area contributed by atoms with Gasteiger partial charge in [-0.3, -0.25) is 0 Å². The van der Waals surface area contributed by atoms with Gasteiger partial charge in [-0.1, -0.05) is 63.2 Å². The van der Waals surface area contributed by atoms with Crippen molar-refractivity contribution in [3.63, 3.8) is 0 Å². The molecule has 0 heterocycles. The molecule has 0 N–H and O–H groups in total. The number of hydrogen-bond donors (Lipinski definition) is 0. The van der Waals surface area contributed by atoms with Crippen LogP contribution in [0.15, 0.2) is 48.5 Å². The first-order valence-electron chi connectivity index (χ1n) is 6.25. The Hall–Kier alpha value is -1.76. The van der Waals surface area contributed by atoms with Crippen LogP contribution >= 0.6 is 0 Å². The SMILES string of the molecule is CC(C)(C)c1cc[c]cc1OCc1ccccc1. The maximum absolute atomic E-state index is 5.92. The van der Waals surface area contributed by atoms with Crippen LogP contribution in [0.5, 0.6) is 5.75 Å². The Labute approximate surface area is 109 Å². The molecule has 1 nitrogen and oxygen atoms in total. The molecule has 0 amide bonds. The van der Waals surface area contributed by atoms with Gasteiger partial charge in [-0.2, -0.15) is 0 Å². The lowest BCUT2D eigenvalue weighted by molar-refractivity contribution is 0.297. The second kappa shape index (κ2) is 5.26. The lowest BCUT2D eigenvalue weighted by Gasteiger charge is -2.22. The molecular formula is C17H19O. The maximum atomic E-state index is 5.92. The van der Waals surface area contributed by atoms with E-state index in [9.17, 15) is 0 Å². The lowest BCUT2D eigenvalue weighted by atomic mass is 9.86. The van der Waals surface area contributed by atoms with Gasteiger partial charge in [0, 0.05) is 0 Å². The van der Waals surface area contributed by atoms with E-state index in [0.29, 0.717) is 6.61 Å². The van der Waals surface area contributed by atoms with E-state index in [1.54, 1.807) is 0 Å². The molecular weight excluding hydrogens is 220 g/mol. The highest BCUT2D eigenvalue weighted by Crippen LogP contribution is 2.31. The predicted octanol–water partition coefficient (Wildman–Crippen LogP) is 4.36. The quantitative estimate of drug-likeness (QED) is 0.773. The van der Waals surface area contributed by atoms with Gasteiger partial charge in [0.25, 0.3) is 0 Å².